The number of aliphatic hydroxyl groups is 1. The number of carboxylic acids is 1. The SMILES string of the molecule is O=C(O)[C@H]1C[C@@H](O)CN1C(=O)C=Cc1ccc(Cl)cc1Cl. The highest BCUT2D eigenvalue weighted by Gasteiger charge is 2.37. The van der Waals surface area contributed by atoms with E-state index in [0.717, 1.165) is 4.90 Å². The first-order valence-corrected chi connectivity index (χ1v) is 6.98. The van der Waals surface area contributed by atoms with Crippen LogP contribution in [0, 0.1) is 0 Å². The summed E-state index contributed by atoms with van der Waals surface area (Å²) in [6.07, 6.45) is 1.95. The van der Waals surface area contributed by atoms with Gasteiger partial charge in [0.15, 0.2) is 0 Å². The highest BCUT2D eigenvalue weighted by molar-refractivity contribution is 6.35. The number of hydrogen-bond donors (Lipinski definition) is 2. The summed E-state index contributed by atoms with van der Waals surface area (Å²) in [5.41, 5.74) is 0.598. The lowest BCUT2D eigenvalue weighted by Crippen LogP contribution is -2.39. The Morgan fingerprint density at radius 1 is 1.33 bits per heavy atom. The second kappa shape index (κ2) is 6.47. The third-order valence-electron chi connectivity index (χ3n) is 3.22. The van der Waals surface area contributed by atoms with Crippen LogP contribution in [0.5, 0.6) is 0 Å². The highest BCUT2D eigenvalue weighted by atomic mass is 35.5. The molecule has 1 saturated heterocycles. The van der Waals surface area contributed by atoms with E-state index in [4.69, 9.17) is 28.3 Å². The zero-order valence-corrected chi connectivity index (χ0v) is 12.4. The van der Waals surface area contributed by atoms with Crippen LogP contribution in [0.2, 0.25) is 10.0 Å². The largest absolute Gasteiger partial charge is 0.480 e. The zero-order chi connectivity index (χ0) is 15.6. The van der Waals surface area contributed by atoms with Gasteiger partial charge in [0.05, 0.1) is 6.10 Å². The van der Waals surface area contributed by atoms with E-state index < -0.39 is 24.0 Å². The Morgan fingerprint density at radius 2 is 2.05 bits per heavy atom. The number of aliphatic carboxylic acids is 1. The number of likely N-dealkylation sites (tertiary alicyclic amines) is 1. The number of aliphatic hydroxyl groups excluding tert-OH is 1. The molecule has 2 N–H and O–H groups in total. The number of hydrogen-bond acceptors (Lipinski definition) is 3. The fourth-order valence-corrected chi connectivity index (χ4v) is 2.66. The average molecular weight is 330 g/mol. The van der Waals surface area contributed by atoms with E-state index in [1.165, 1.54) is 12.2 Å². The topological polar surface area (TPSA) is 77.8 Å². The summed E-state index contributed by atoms with van der Waals surface area (Å²) in [5.74, 6) is -1.61. The molecular formula is C14H13Cl2NO4. The summed E-state index contributed by atoms with van der Waals surface area (Å²) < 4.78 is 0. The molecule has 0 radical (unpaired) electrons. The number of carboxylic acid groups (broad SMARTS) is 1. The van der Waals surface area contributed by atoms with Crippen molar-refractivity contribution in [2.24, 2.45) is 0 Å². The van der Waals surface area contributed by atoms with E-state index in [1.807, 2.05) is 0 Å². The van der Waals surface area contributed by atoms with E-state index in [-0.39, 0.29) is 13.0 Å². The van der Waals surface area contributed by atoms with Crippen molar-refractivity contribution in [3.63, 3.8) is 0 Å². The number of halogens is 2. The molecule has 2 atom stereocenters. The van der Waals surface area contributed by atoms with Gasteiger partial charge < -0.3 is 15.1 Å². The monoisotopic (exact) mass is 329 g/mol. The molecule has 1 aromatic rings. The minimum absolute atomic E-state index is 0.00842. The van der Waals surface area contributed by atoms with Crippen LogP contribution in [-0.2, 0) is 9.59 Å². The molecule has 5 nitrogen and oxygen atoms in total. The number of carbonyl (C=O) groups excluding carboxylic acids is 1. The Hall–Kier alpha value is -1.56. The first kappa shape index (κ1) is 15.8. The van der Waals surface area contributed by atoms with Crippen LogP contribution in [0.3, 0.4) is 0 Å². The Labute approximate surface area is 131 Å². The molecule has 1 aliphatic heterocycles. The standard InChI is InChI=1S/C14H13Cl2NO4/c15-9-3-1-8(11(16)5-9)2-4-13(19)17-7-10(18)6-12(17)14(20)21/h1-5,10,12,18H,6-7H2,(H,20,21)/t10-,12-/m1/s1. The minimum Gasteiger partial charge on any atom is -0.480 e. The Kier molecular flexibility index (Phi) is 4.88. The predicted molar refractivity (Wildman–Crippen MR) is 79.3 cm³/mol. The zero-order valence-electron chi connectivity index (χ0n) is 10.9. The molecule has 1 heterocycles. The minimum atomic E-state index is -1.13. The molecular weight excluding hydrogens is 317 g/mol. The molecule has 1 aromatic carbocycles. The Balaban J connectivity index is 2.13. The van der Waals surface area contributed by atoms with Gasteiger partial charge in [-0.25, -0.2) is 4.79 Å². The third-order valence-corrected chi connectivity index (χ3v) is 3.78. The van der Waals surface area contributed by atoms with Crippen LogP contribution in [0.4, 0.5) is 0 Å². The molecule has 1 aliphatic rings. The van der Waals surface area contributed by atoms with Gasteiger partial charge >= 0.3 is 5.97 Å². The van der Waals surface area contributed by atoms with Crippen molar-refractivity contribution in [3.05, 3.63) is 39.9 Å². The molecule has 0 bridgehead atoms. The first-order chi connectivity index (χ1) is 9.88. The van der Waals surface area contributed by atoms with Gasteiger partial charge in [-0.05, 0) is 23.8 Å². The van der Waals surface area contributed by atoms with Crippen molar-refractivity contribution in [1.29, 1.82) is 0 Å². The summed E-state index contributed by atoms with van der Waals surface area (Å²) in [6, 6.07) is 3.84. The van der Waals surface area contributed by atoms with E-state index in [9.17, 15) is 14.7 Å². The highest BCUT2D eigenvalue weighted by Crippen LogP contribution is 2.23. The Bertz CT molecular complexity index is 603. The predicted octanol–water partition coefficient (Wildman–Crippen LogP) is 2.05. The normalized spacial score (nSPS) is 22.0. The lowest BCUT2D eigenvalue weighted by atomic mass is 10.2. The van der Waals surface area contributed by atoms with Gasteiger partial charge in [-0.15, -0.1) is 0 Å². The third kappa shape index (κ3) is 3.75. The van der Waals surface area contributed by atoms with Crippen LogP contribution < -0.4 is 0 Å². The Morgan fingerprint density at radius 3 is 2.67 bits per heavy atom. The van der Waals surface area contributed by atoms with Crippen LogP contribution >= 0.6 is 23.2 Å². The van der Waals surface area contributed by atoms with Crippen LogP contribution in [0.15, 0.2) is 24.3 Å². The number of carbonyl (C=O) groups is 2. The number of rotatable bonds is 3. The average Bonchev–Trinajstić information content (AvgIpc) is 2.80. The fourth-order valence-electron chi connectivity index (χ4n) is 2.18. The molecule has 112 valence electrons. The summed E-state index contributed by atoms with van der Waals surface area (Å²) in [5, 5.41) is 19.4. The van der Waals surface area contributed by atoms with Gasteiger partial charge in [-0.1, -0.05) is 29.3 Å². The summed E-state index contributed by atoms with van der Waals surface area (Å²) in [4.78, 5) is 24.2. The number of nitrogens with zero attached hydrogens (tertiary/aromatic N) is 1. The van der Waals surface area contributed by atoms with E-state index in [1.54, 1.807) is 18.2 Å². The van der Waals surface area contributed by atoms with Gasteiger partial charge in [0, 0.05) is 29.1 Å². The van der Waals surface area contributed by atoms with Gasteiger partial charge in [0.1, 0.15) is 6.04 Å². The second-order valence-electron chi connectivity index (χ2n) is 4.73. The maximum atomic E-state index is 12.1. The van der Waals surface area contributed by atoms with E-state index >= 15 is 0 Å². The number of β-amino-alcohol motifs (C(OH)–C–C–N with tert-alkyl or cyclic N) is 1. The second-order valence-corrected chi connectivity index (χ2v) is 5.58. The molecule has 1 amide bonds. The van der Waals surface area contributed by atoms with Crippen molar-refractivity contribution in [2.45, 2.75) is 18.6 Å². The van der Waals surface area contributed by atoms with Crippen LogP contribution in [0.25, 0.3) is 6.08 Å². The molecule has 0 saturated carbocycles. The van der Waals surface area contributed by atoms with E-state index in [0.29, 0.717) is 15.6 Å². The molecule has 0 aliphatic carbocycles. The molecule has 0 aromatic heterocycles. The van der Waals surface area contributed by atoms with Crippen molar-refractivity contribution in [3.8, 4) is 0 Å². The fraction of sp³-hybridized carbons (Fsp3) is 0.286. The molecule has 0 spiro atoms. The quantitative estimate of drug-likeness (QED) is 0.832. The maximum Gasteiger partial charge on any atom is 0.326 e. The number of amides is 1. The van der Waals surface area contributed by atoms with Crippen molar-refractivity contribution >= 4 is 41.2 Å². The van der Waals surface area contributed by atoms with Crippen LogP contribution in [0.1, 0.15) is 12.0 Å². The van der Waals surface area contributed by atoms with Crippen molar-refractivity contribution < 1.29 is 19.8 Å². The van der Waals surface area contributed by atoms with Crippen LogP contribution in [-0.4, -0.2) is 45.7 Å². The van der Waals surface area contributed by atoms with Crippen molar-refractivity contribution in [1.82, 2.24) is 4.90 Å². The number of benzene rings is 1. The summed E-state index contributed by atoms with van der Waals surface area (Å²) in [6.45, 7) is 0.00842. The lowest BCUT2D eigenvalue weighted by Gasteiger charge is -2.19. The van der Waals surface area contributed by atoms with Gasteiger partial charge in [0.2, 0.25) is 5.91 Å². The van der Waals surface area contributed by atoms with Crippen molar-refractivity contribution in [2.75, 3.05) is 6.54 Å². The first-order valence-electron chi connectivity index (χ1n) is 6.23. The molecule has 7 heteroatoms. The summed E-state index contributed by atoms with van der Waals surface area (Å²) in [7, 11) is 0. The summed E-state index contributed by atoms with van der Waals surface area (Å²) >= 11 is 11.8. The molecule has 0 unspecified atom stereocenters. The maximum absolute atomic E-state index is 12.1. The van der Waals surface area contributed by atoms with Gasteiger partial charge in [0.25, 0.3) is 0 Å². The van der Waals surface area contributed by atoms with Gasteiger partial charge in [-0.2, -0.15) is 0 Å². The van der Waals surface area contributed by atoms with E-state index in [2.05, 4.69) is 0 Å². The smallest absolute Gasteiger partial charge is 0.326 e. The molecule has 1 fully saturated rings. The molecule has 21 heavy (non-hydrogen) atoms. The molecule has 2 rings (SSSR count). The van der Waals surface area contributed by atoms with Gasteiger partial charge in [-0.3, -0.25) is 4.79 Å². The lowest BCUT2D eigenvalue weighted by molar-refractivity contribution is -0.146.